The number of nitrogens with zero attached hydrogens (tertiary/aromatic N) is 1. The van der Waals surface area contributed by atoms with E-state index in [1.165, 1.54) is 25.1 Å². The second-order valence-corrected chi connectivity index (χ2v) is 9.90. The molecule has 0 unspecified atom stereocenters. The highest BCUT2D eigenvalue weighted by Crippen LogP contribution is 2.30. The van der Waals surface area contributed by atoms with Crippen LogP contribution in [0.1, 0.15) is 12.0 Å². The van der Waals surface area contributed by atoms with Gasteiger partial charge in [-0.2, -0.15) is 0 Å². The van der Waals surface area contributed by atoms with Crippen molar-refractivity contribution < 1.29 is 26.0 Å². The summed E-state index contributed by atoms with van der Waals surface area (Å²) in [6.07, 6.45) is -0.162. The molecule has 0 radical (unpaired) electrons. The van der Waals surface area contributed by atoms with E-state index in [1.807, 2.05) is 0 Å². The molecule has 1 N–H and O–H groups in total. The van der Waals surface area contributed by atoms with Gasteiger partial charge in [-0.1, -0.05) is 17.7 Å². The Hall–Kier alpha value is -2.17. The highest BCUT2D eigenvalue weighted by atomic mass is 35.5. The standard InChI is InChI=1S/C16H14ClFN2O5S2/c1-10-2-4-12(20-16(21)6-7-26(20,22)23)9-15(10)27(24,25)19-11-3-5-14(18)13(17)8-11/h2-5,8-9,19H,6-7H2,1H3. The number of aryl methyl sites for hydroxylation is 1. The second kappa shape index (κ2) is 6.77. The number of nitrogens with one attached hydrogen (secondary N) is 1. The lowest BCUT2D eigenvalue weighted by Crippen LogP contribution is -2.29. The first-order valence-corrected chi connectivity index (χ1v) is 11.1. The fraction of sp³-hybridized carbons (Fsp3) is 0.188. The largest absolute Gasteiger partial charge is 0.280 e. The van der Waals surface area contributed by atoms with Gasteiger partial charge in [0.05, 0.1) is 27.0 Å². The number of anilines is 2. The van der Waals surface area contributed by atoms with Gasteiger partial charge in [0, 0.05) is 6.42 Å². The van der Waals surface area contributed by atoms with E-state index in [2.05, 4.69) is 4.72 Å². The van der Waals surface area contributed by atoms with E-state index in [4.69, 9.17) is 11.6 Å². The molecule has 7 nitrogen and oxygen atoms in total. The molecule has 2 aromatic carbocycles. The number of carbonyl (C=O) groups excluding carboxylic acids is 1. The van der Waals surface area contributed by atoms with Crippen molar-refractivity contribution in [3.05, 3.63) is 52.8 Å². The molecule has 1 aliphatic heterocycles. The van der Waals surface area contributed by atoms with Crippen LogP contribution in [0.3, 0.4) is 0 Å². The van der Waals surface area contributed by atoms with Gasteiger partial charge in [0.25, 0.3) is 10.0 Å². The third-order valence-corrected chi connectivity index (χ3v) is 7.45. The maximum absolute atomic E-state index is 13.3. The van der Waals surface area contributed by atoms with Crippen molar-refractivity contribution in [1.29, 1.82) is 0 Å². The summed E-state index contributed by atoms with van der Waals surface area (Å²) in [4.78, 5) is 11.7. The summed E-state index contributed by atoms with van der Waals surface area (Å²) in [6, 6.07) is 7.21. The van der Waals surface area contributed by atoms with Gasteiger partial charge in [0.2, 0.25) is 15.9 Å². The zero-order valence-corrected chi connectivity index (χ0v) is 16.3. The Morgan fingerprint density at radius 1 is 1.19 bits per heavy atom. The van der Waals surface area contributed by atoms with Gasteiger partial charge in [-0.3, -0.25) is 9.52 Å². The lowest BCUT2D eigenvalue weighted by Gasteiger charge is -2.17. The summed E-state index contributed by atoms with van der Waals surface area (Å²) in [5.41, 5.74) is 0.320. The number of halogens is 2. The van der Waals surface area contributed by atoms with Crippen molar-refractivity contribution in [1.82, 2.24) is 0 Å². The molecule has 0 saturated carbocycles. The van der Waals surface area contributed by atoms with Gasteiger partial charge in [-0.15, -0.1) is 0 Å². The zero-order valence-electron chi connectivity index (χ0n) is 13.9. The third kappa shape index (κ3) is 3.78. The van der Waals surface area contributed by atoms with Crippen molar-refractivity contribution >= 4 is 48.9 Å². The molecule has 1 heterocycles. The minimum atomic E-state index is -4.14. The summed E-state index contributed by atoms with van der Waals surface area (Å²) >= 11 is 5.66. The Labute approximate surface area is 160 Å². The lowest BCUT2D eigenvalue weighted by atomic mass is 10.2. The fourth-order valence-corrected chi connectivity index (χ4v) is 5.59. The van der Waals surface area contributed by atoms with Gasteiger partial charge in [-0.05, 0) is 42.8 Å². The van der Waals surface area contributed by atoms with Crippen molar-refractivity contribution in [3.8, 4) is 0 Å². The van der Waals surface area contributed by atoms with Crippen LogP contribution in [0.4, 0.5) is 15.8 Å². The Balaban J connectivity index is 2.03. The van der Waals surface area contributed by atoms with Crippen LogP contribution in [0.5, 0.6) is 0 Å². The van der Waals surface area contributed by atoms with E-state index in [-0.39, 0.29) is 33.5 Å². The molecule has 1 fully saturated rings. The molecule has 3 rings (SSSR count). The van der Waals surface area contributed by atoms with Gasteiger partial charge >= 0.3 is 0 Å². The Bertz CT molecular complexity index is 1150. The summed E-state index contributed by atoms with van der Waals surface area (Å²) in [5.74, 6) is -1.65. The molecule has 0 spiro atoms. The maximum Gasteiger partial charge on any atom is 0.262 e. The Morgan fingerprint density at radius 2 is 1.89 bits per heavy atom. The molecule has 1 saturated heterocycles. The Morgan fingerprint density at radius 3 is 2.48 bits per heavy atom. The molecule has 0 aromatic heterocycles. The molecule has 1 aliphatic rings. The summed E-state index contributed by atoms with van der Waals surface area (Å²) in [7, 11) is -7.97. The predicted molar refractivity (Wildman–Crippen MR) is 99.3 cm³/mol. The highest BCUT2D eigenvalue weighted by molar-refractivity contribution is 7.94. The van der Waals surface area contributed by atoms with Crippen LogP contribution in [-0.2, 0) is 24.8 Å². The molecule has 0 atom stereocenters. The Kier molecular flexibility index (Phi) is 4.91. The van der Waals surface area contributed by atoms with Crippen LogP contribution in [0.2, 0.25) is 5.02 Å². The first-order chi connectivity index (χ1) is 12.5. The molecule has 0 bridgehead atoms. The monoisotopic (exact) mass is 432 g/mol. The number of amides is 1. The smallest absolute Gasteiger partial charge is 0.262 e. The summed E-state index contributed by atoms with van der Waals surface area (Å²) < 4.78 is 65.7. The third-order valence-electron chi connectivity index (χ3n) is 3.95. The molecule has 1 amide bonds. The molecule has 27 heavy (non-hydrogen) atoms. The highest BCUT2D eigenvalue weighted by Gasteiger charge is 2.37. The van der Waals surface area contributed by atoms with Gasteiger partial charge in [-0.25, -0.2) is 25.5 Å². The first-order valence-electron chi connectivity index (χ1n) is 7.66. The van der Waals surface area contributed by atoms with E-state index < -0.39 is 31.8 Å². The quantitative estimate of drug-likeness (QED) is 0.800. The molecule has 0 aliphatic carbocycles. The SMILES string of the molecule is Cc1ccc(N2C(=O)CCS2(=O)=O)cc1S(=O)(=O)Nc1ccc(F)c(Cl)c1. The van der Waals surface area contributed by atoms with E-state index in [9.17, 15) is 26.0 Å². The van der Waals surface area contributed by atoms with Crippen LogP contribution in [0.15, 0.2) is 41.3 Å². The van der Waals surface area contributed by atoms with Crippen LogP contribution >= 0.6 is 11.6 Å². The van der Waals surface area contributed by atoms with Crippen LogP contribution < -0.4 is 9.03 Å². The van der Waals surface area contributed by atoms with E-state index >= 15 is 0 Å². The topological polar surface area (TPSA) is 101 Å². The zero-order chi connectivity index (χ0) is 20.0. The molecular weight excluding hydrogens is 419 g/mol. The van der Waals surface area contributed by atoms with Gasteiger partial charge in [0.15, 0.2) is 0 Å². The van der Waals surface area contributed by atoms with Crippen LogP contribution in [0.25, 0.3) is 0 Å². The normalized spacial score (nSPS) is 16.6. The van der Waals surface area contributed by atoms with E-state index in [0.717, 1.165) is 18.2 Å². The predicted octanol–water partition coefficient (Wildman–Crippen LogP) is 2.65. The minimum absolute atomic E-state index is 0.0380. The van der Waals surface area contributed by atoms with Crippen molar-refractivity contribution in [2.24, 2.45) is 0 Å². The molecular formula is C16H14ClFN2O5S2. The van der Waals surface area contributed by atoms with E-state index in [1.54, 1.807) is 0 Å². The number of rotatable bonds is 4. The number of carbonyl (C=O) groups is 1. The lowest BCUT2D eigenvalue weighted by molar-refractivity contribution is -0.116. The van der Waals surface area contributed by atoms with Crippen LogP contribution in [-0.4, -0.2) is 28.5 Å². The van der Waals surface area contributed by atoms with Crippen molar-refractivity contribution in [3.63, 3.8) is 0 Å². The second-order valence-electron chi connectivity index (χ2n) is 5.91. The fourth-order valence-electron chi connectivity index (χ4n) is 2.64. The first kappa shape index (κ1) is 19.6. The molecule has 2 aromatic rings. The molecule has 11 heteroatoms. The van der Waals surface area contributed by atoms with Crippen LogP contribution in [0, 0.1) is 12.7 Å². The average molecular weight is 433 g/mol. The van der Waals surface area contributed by atoms with Gasteiger partial charge in [0.1, 0.15) is 5.82 Å². The van der Waals surface area contributed by atoms with E-state index in [0.29, 0.717) is 9.87 Å². The number of benzene rings is 2. The summed E-state index contributed by atoms with van der Waals surface area (Å²) in [6.45, 7) is 1.52. The maximum atomic E-state index is 13.3. The average Bonchev–Trinajstić information content (AvgIpc) is 2.84. The minimum Gasteiger partial charge on any atom is -0.280 e. The summed E-state index contributed by atoms with van der Waals surface area (Å²) in [5, 5.41) is -0.255. The van der Waals surface area contributed by atoms with Gasteiger partial charge < -0.3 is 0 Å². The van der Waals surface area contributed by atoms with Crippen molar-refractivity contribution in [2.75, 3.05) is 14.8 Å². The van der Waals surface area contributed by atoms with Crippen molar-refractivity contribution in [2.45, 2.75) is 18.2 Å². The number of hydrogen-bond donors (Lipinski definition) is 1. The number of hydrogen-bond acceptors (Lipinski definition) is 5. The number of sulfonamides is 2. The molecule has 144 valence electrons.